The SMILES string of the molecule is CCCCOC(=O)N1CCN(n2c(CCN)nc3cccc(Cl)c3c2=O)CC12CC2. The number of nitrogens with two attached hydrogens (primary N) is 1. The van der Waals surface area contributed by atoms with Crippen molar-refractivity contribution in [3.8, 4) is 0 Å². The average molecular weight is 434 g/mol. The molecular formula is C21H28ClN5O3. The molecule has 2 fully saturated rings. The molecule has 9 heteroatoms. The number of unbranched alkanes of at least 4 members (excludes halogenated alkanes) is 1. The zero-order valence-corrected chi connectivity index (χ0v) is 18.0. The van der Waals surface area contributed by atoms with Crippen LogP contribution < -0.4 is 16.3 Å². The van der Waals surface area contributed by atoms with Gasteiger partial charge in [-0.25, -0.2) is 14.5 Å². The molecule has 8 nitrogen and oxygen atoms in total. The molecule has 0 bridgehead atoms. The third-order valence-electron chi connectivity index (χ3n) is 5.94. The molecular weight excluding hydrogens is 406 g/mol. The highest BCUT2D eigenvalue weighted by atomic mass is 35.5. The first-order chi connectivity index (χ1) is 14.5. The van der Waals surface area contributed by atoms with Crippen LogP contribution in [0.15, 0.2) is 23.0 Å². The van der Waals surface area contributed by atoms with Gasteiger partial charge in [-0.1, -0.05) is 31.0 Å². The quantitative estimate of drug-likeness (QED) is 0.702. The first-order valence-electron chi connectivity index (χ1n) is 10.6. The van der Waals surface area contributed by atoms with Gasteiger partial charge in [-0.2, -0.15) is 0 Å². The zero-order chi connectivity index (χ0) is 21.3. The van der Waals surface area contributed by atoms with Crippen LogP contribution in [0, 0.1) is 0 Å². The predicted octanol–water partition coefficient (Wildman–Crippen LogP) is 2.27. The van der Waals surface area contributed by atoms with E-state index >= 15 is 0 Å². The van der Waals surface area contributed by atoms with Crippen LogP contribution in [0.1, 0.15) is 38.4 Å². The summed E-state index contributed by atoms with van der Waals surface area (Å²) in [5, 5.41) is 2.79. The van der Waals surface area contributed by atoms with Crippen molar-refractivity contribution in [2.75, 3.05) is 37.8 Å². The molecule has 1 spiro atoms. The van der Waals surface area contributed by atoms with E-state index in [1.165, 1.54) is 0 Å². The molecule has 4 rings (SSSR count). The van der Waals surface area contributed by atoms with Crippen molar-refractivity contribution < 1.29 is 9.53 Å². The summed E-state index contributed by atoms with van der Waals surface area (Å²) in [5.41, 5.74) is 5.90. The zero-order valence-electron chi connectivity index (χ0n) is 17.3. The molecule has 30 heavy (non-hydrogen) atoms. The number of piperazine rings is 1. The second kappa shape index (κ2) is 8.43. The maximum Gasteiger partial charge on any atom is 0.410 e. The van der Waals surface area contributed by atoms with E-state index in [1.54, 1.807) is 22.9 Å². The Morgan fingerprint density at radius 3 is 2.83 bits per heavy atom. The number of benzene rings is 1. The monoisotopic (exact) mass is 433 g/mol. The second-order valence-corrected chi connectivity index (χ2v) is 8.46. The van der Waals surface area contributed by atoms with E-state index in [9.17, 15) is 9.59 Å². The molecule has 0 radical (unpaired) electrons. The lowest BCUT2D eigenvalue weighted by Gasteiger charge is -2.43. The summed E-state index contributed by atoms with van der Waals surface area (Å²) in [5.74, 6) is 0.618. The normalized spacial score (nSPS) is 17.6. The number of rotatable bonds is 6. The number of fused-ring (bicyclic) bond motifs is 1. The number of amides is 1. The Hall–Kier alpha value is -2.32. The maximum absolute atomic E-state index is 13.4. The largest absolute Gasteiger partial charge is 0.449 e. The summed E-state index contributed by atoms with van der Waals surface area (Å²) in [6.07, 6.45) is 3.86. The van der Waals surface area contributed by atoms with Gasteiger partial charge in [0, 0.05) is 13.0 Å². The Bertz CT molecular complexity index is 1000. The van der Waals surface area contributed by atoms with Gasteiger partial charge >= 0.3 is 6.09 Å². The number of carbonyl (C=O) groups excluding carboxylic acids is 1. The minimum Gasteiger partial charge on any atom is -0.449 e. The van der Waals surface area contributed by atoms with E-state index in [0.29, 0.717) is 61.0 Å². The van der Waals surface area contributed by atoms with Gasteiger partial charge in [-0.05, 0) is 37.9 Å². The molecule has 2 aromatic rings. The van der Waals surface area contributed by atoms with Crippen LogP contribution in [0.25, 0.3) is 10.9 Å². The van der Waals surface area contributed by atoms with Gasteiger partial charge in [0.2, 0.25) is 0 Å². The smallest absolute Gasteiger partial charge is 0.410 e. The highest BCUT2D eigenvalue weighted by molar-refractivity contribution is 6.35. The molecule has 162 valence electrons. The summed E-state index contributed by atoms with van der Waals surface area (Å²) in [6.45, 7) is 4.46. The van der Waals surface area contributed by atoms with Crippen LogP contribution in [0.3, 0.4) is 0 Å². The molecule has 1 saturated heterocycles. The van der Waals surface area contributed by atoms with Gasteiger partial charge in [0.15, 0.2) is 0 Å². The molecule has 1 aromatic carbocycles. The Kier molecular flexibility index (Phi) is 5.88. The van der Waals surface area contributed by atoms with Crippen LogP contribution >= 0.6 is 11.6 Å². The van der Waals surface area contributed by atoms with Crippen LogP contribution in [-0.2, 0) is 11.2 Å². The lowest BCUT2D eigenvalue weighted by atomic mass is 10.1. The Labute approximate surface area is 180 Å². The number of halogens is 1. The highest BCUT2D eigenvalue weighted by Gasteiger charge is 2.54. The fourth-order valence-corrected chi connectivity index (χ4v) is 4.43. The van der Waals surface area contributed by atoms with Crippen LogP contribution in [0.2, 0.25) is 5.02 Å². The summed E-state index contributed by atoms with van der Waals surface area (Å²) in [6, 6.07) is 5.28. The first kappa shape index (κ1) is 20.9. The standard InChI is InChI=1S/C21H28ClN5O3/c1-2-3-13-30-20(29)26-12-11-25(14-21(26)8-9-21)27-17(7-10-23)24-16-6-4-5-15(22)18(16)19(27)28/h4-6H,2-3,7-14,23H2,1H3. The molecule has 0 atom stereocenters. The number of hydrogen-bond donors (Lipinski definition) is 1. The number of hydrogen-bond acceptors (Lipinski definition) is 6. The molecule has 2 heterocycles. The van der Waals surface area contributed by atoms with E-state index < -0.39 is 0 Å². The Balaban J connectivity index is 1.65. The minimum atomic E-state index is -0.281. The number of nitrogens with zero attached hydrogens (tertiary/aromatic N) is 4. The maximum atomic E-state index is 13.4. The predicted molar refractivity (Wildman–Crippen MR) is 117 cm³/mol. The lowest BCUT2D eigenvalue weighted by molar-refractivity contribution is 0.0706. The number of aromatic nitrogens is 2. The van der Waals surface area contributed by atoms with Gasteiger partial charge in [-0.15, -0.1) is 0 Å². The molecule has 2 aliphatic rings. The minimum absolute atomic E-state index is 0.191. The van der Waals surface area contributed by atoms with Crippen molar-refractivity contribution in [1.82, 2.24) is 14.6 Å². The van der Waals surface area contributed by atoms with Gasteiger partial charge in [0.05, 0.1) is 41.2 Å². The van der Waals surface area contributed by atoms with Crippen molar-refractivity contribution in [3.63, 3.8) is 0 Å². The highest BCUT2D eigenvalue weighted by Crippen LogP contribution is 2.44. The summed E-state index contributed by atoms with van der Waals surface area (Å²) in [7, 11) is 0. The lowest BCUT2D eigenvalue weighted by Crippen LogP contribution is -2.62. The van der Waals surface area contributed by atoms with E-state index in [2.05, 4.69) is 11.9 Å². The van der Waals surface area contributed by atoms with Gasteiger partial charge in [0.1, 0.15) is 5.82 Å². The van der Waals surface area contributed by atoms with E-state index in [-0.39, 0.29) is 17.2 Å². The van der Waals surface area contributed by atoms with Gasteiger partial charge in [0.25, 0.3) is 5.56 Å². The molecule has 1 aromatic heterocycles. The molecule has 0 unspecified atom stereocenters. The number of carbonyl (C=O) groups is 1. The Morgan fingerprint density at radius 2 is 2.13 bits per heavy atom. The van der Waals surface area contributed by atoms with Gasteiger partial charge in [-0.3, -0.25) is 9.69 Å². The van der Waals surface area contributed by atoms with Crippen molar-refractivity contribution in [3.05, 3.63) is 39.4 Å². The van der Waals surface area contributed by atoms with Gasteiger partial charge < -0.3 is 15.5 Å². The number of ether oxygens (including phenoxy) is 1. The van der Waals surface area contributed by atoms with E-state index in [0.717, 1.165) is 25.7 Å². The topological polar surface area (TPSA) is 93.7 Å². The van der Waals surface area contributed by atoms with Crippen LogP contribution in [0.5, 0.6) is 0 Å². The third-order valence-corrected chi connectivity index (χ3v) is 6.26. The van der Waals surface area contributed by atoms with Crippen LogP contribution in [-0.4, -0.2) is 59.0 Å². The van der Waals surface area contributed by atoms with E-state index in [1.807, 2.05) is 9.91 Å². The molecule has 1 aliphatic carbocycles. The van der Waals surface area contributed by atoms with Crippen LogP contribution in [0.4, 0.5) is 4.79 Å². The average Bonchev–Trinajstić information content (AvgIpc) is 3.47. The summed E-state index contributed by atoms with van der Waals surface area (Å²) < 4.78 is 7.08. The molecule has 1 aliphatic heterocycles. The van der Waals surface area contributed by atoms with Crippen molar-refractivity contribution >= 4 is 28.6 Å². The second-order valence-electron chi connectivity index (χ2n) is 8.05. The van der Waals surface area contributed by atoms with E-state index in [4.69, 9.17) is 22.1 Å². The Morgan fingerprint density at radius 1 is 1.33 bits per heavy atom. The van der Waals surface area contributed by atoms with Crippen molar-refractivity contribution in [1.29, 1.82) is 0 Å². The molecule has 2 N–H and O–H groups in total. The first-order valence-corrected chi connectivity index (χ1v) is 11.0. The van der Waals surface area contributed by atoms with Crippen molar-refractivity contribution in [2.45, 2.75) is 44.6 Å². The fourth-order valence-electron chi connectivity index (χ4n) is 4.18. The summed E-state index contributed by atoms with van der Waals surface area (Å²) >= 11 is 6.33. The molecule has 1 saturated carbocycles. The van der Waals surface area contributed by atoms with Crippen molar-refractivity contribution in [2.24, 2.45) is 5.73 Å². The third kappa shape index (κ3) is 3.74. The fraction of sp³-hybridized carbons (Fsp3) is 0.571. The molecule has 1 amide bonds. The summed E-state index contributed by atoms with van der Waals surface area (Å²) in [4.78, 5) is 32.5.